The summed E-state index contributed by atoms with van der Waals surface area (Å²) in [6, 6.07) is 0. The first-order valence-electron chi connectivity index (χ1n) is 7.06. The molecule has 0 spiro atoms. The molecular weight excluding hydrogens is 288 g/mol. The molecule has 0 aliphatic carbocycles. The topological polar surface area (TPSA) is 66.8 Å². The van der Waals surface area contributed by atoms with Gasteiger partial charge in [0.05, 0.1) is 24.3 Å². The van der Waals surface area contributed by atoms with E-state index in [-0.39, 0.29) is 6.09 Å². The molecule has 1 aliphatic heterocycles. The van der Waals surface area contributed by atoms with E-state index >= 15 is 0 Å². The second-order valence-corrected chi connectivity index (χ2v) is 6.61. The van der Waals surface area contributed by atoms with Gasteiger partial charge in [-0.25, -0.2) is 9.78 Å². The first kappa shape index (κ1) is 15.8. The van der Waals surface area contributed by atoms with Gasteiger partial charge in [0.1, 0.15) is 11.4 Å². The molecule has 0 atom stereocenters. The van der Waals surface area contributed by atoms with Crippen molar-refractivity contribution in [1.82, 2.24) is 15.2 Å². The van der Waals surface area contributed by atoms with E-state index in [4.69, 9.17) is 4.74 Å². The zero-order valence-electron chi connectivity index (χ0n) is 12.8. The van der Waals surface area contributed by atoms with Crippen LogP contribution in [0.4, 0.5) is 4.79 Å². The van der Waals surface area contributed by atoms with Gasteiger partial charge in [0, 0.05) is 24.9 Å². The number of ether oxygens (including phenoxy) is 1. The summed E-state index contributed by atoms with van der Waals surface area (Å²) in [7, 11) is 0. The lowest BCUT2D eigenvalue weighted by atomic mass is 10.2. The molecule has 7 heteroatoms. The van der Waals surface area contributed by atoms with Crippen LogP contribution in [0.5, 0.6) is 0 Å². The second kappa shape index (κ2) is 6.89. The SMILES string of the molecule is CC(C)(C)OC(=O)N1CCN=C(NCCc2cscn2)C1. The van der Waals surface area contributed by atoms with Crippen molar-refractivity contribution < 1.29 is 9.53 Å². The highest BCUT2D eigenvalue weighted by atomic mass is 32.1. The van der Waals surface area contributed by atoms with Gasteiger partial charge in [-0.1, -0.05) is 0 Å². The normalized spacial score (nSPS) is 15.6. The van der Waals surface area contributed by atoms with Crippen LogP contribution in [0.2, 0.25) is 0 Å². The van der Waals surface area contributed by atoms with Crippen LogP contribution in [0.15, 0.2) is 15.9 Å². The Morgan fingerprint density at radius 2 is 2.33 bits per heavy atom. The molecule has 1 amide bonds. The monoisotopic (exact) mass is 310 g/mol. The Bertz CT molecular complexity index is 494. The number of carbonyl (C=O) groups is 1. The zero-order valence-corrected chi connectivity index (χ0v) is 13.6. The average Bonchev–Trinajstić information content (AvgIpc) is 2.90. The molecule has 0 aromatic carbocycles. The fourth-order valence-electron chi connectivity index (χ4n) is 1.91. The Hall–Kier alpha value is -1.63. The Morgan fingerprint density at radius 1 is 1.52 bits per heavy atom. The maximum atomic E-state index is 12.0. The van der Waals surface area contributed by atoms with Gasteiger partial charge in [-0.15, -0.1) is 11.3 Å². The number of amidine groups is 1. The van der Waals surface area contributed by atoms with Gasteiger partial charge in [0.25, 0.3) is 0 Å². The van der Waals surface area contributed by atoms with Crippen LogP contribution in [0.3, 0.4) is 0 Å². The van der Waals surface area contributed by atoms with E-state index in [9.17, 15) is 4.79 Å². The first-order valence-corrected chi connectivity index (χ1v) is 8.00. The van der Waals surface area contributed by atoms with E-state index in [1.54, 1.807) is 16.2 Å². The van der Waals surface area contributed by atoms with Crippen molar-refractivity contribution in [3.8, 4) is 0 Å². The molecule has 0 saturated carbocycles. The van der Waals surface area contributed by atoms with Crippen LogP contribution in [-0.2, 0) is 11.2 Å². The molecule has 2 rings (SSSR count). The van der Waals surface area contributed by atoms with Gasteiger partial charge in [-0.05, 0) is 20.8 Å². The quantitative estimate of drug-likeness (QED) is 0.926. The Labute approximate surface area is 129 Å². The lowest BCUT2D eigenvalue weighted by Crippen LogP contribution is -2.47. The lowest BCUT2D eigenvalue weighted by Gasteiger charge is -2.29. The first-order chi connectivity index (χ1) is 9.94. The fourth-order valence-corrected chi connectivity index (χ4v) is 2.50. The molecular formula is C14H22N4O2S. The third-order valence-corrected chi connectivity index (χ3v) is 3.49. The third kappa shape index (κ3) is 5.34. The average molecular weight is 310 g/mol. The molecule has 21 heavy (non-hydrogen) atoms. The highest BCUT2D eigenvalue weighted by molar-refractivity contribution is 7.07. The van der Waals surface area contributed by atoms with Crippen molar-refractivity contribution in [3.05, 3.63) is 16.6 Å². The number of aromatic nitrogens is 1. The summed E-state index contributed by atoms with van der Waals surface area (Å²) in [6.07, 6.45) is 0.575. The van der Waals surface area contributed by atoms with E-state index in [0.29, 0.717) is 19.6 Å². The molecule has 2 heterocycles. The molecule has 0 unspecified atom stereocenters. The third-order valence-electron chi connectivity index (χ3n) is 2.86. The summed E-state index contributed by atoms with van der Waals surface area (Å²) in [5, 5.41) is 5.31. The van der Waals surface area contributed by atoms with Crippen molar-refractivity contribution in [2.24, 2.45) is 4.99 Å². The van der Waals surface area contributed by atoms with Gasteiger partial charge in [0.15, 0.2) is 0 Å². The minimum Gasteiger partial charge on any atom is -0.444 e. The van der Waals surface area contributed by atoms with E-state index in [1.165, 1.54) is 0 Å². The maximum absolute atomic E-state index is 12.0. The minimum absolute atomic E-state index is 0.281. The van der Waals surface area contributed by atoms with Crippen molar-refractivity contribution in [2.45, 2.75) is 32.8 Å². The summed E-state index contributed by atoms with van der Waals surface area (Å²) in [4.78, 5) is 22.4. The molecule has 1 N–H and O–H groups in total. The van der Waals surface area contributed by atoms with Crippen LogP contribution >= 0.6 is 11.3 Å². The number of carbonyl (C=O) groups excluding carboxylic acids is 1. The van der Waals surface area contributed by atoms with Crippen LogP contribution in [0.1, 0.15) is 26.5 Å². The Balaban J connectivity index is 1.77. The molecule has 116 valence electrons. The summed E-state index contributed by atoms with van der Waals surface area (Å²) < 4.78 is 5.38. The summed E-state index contributed by atoms with van der Waals surface area (Å²) in [6.45, 7) is 8.07. The molecule has 1 aromatic rings. The Kier molecular flexibility index (Phi) is 5.17. The van der Waals surface area contributed by atoms with Gasteiger partial charge in [-0.2, -0.15) is 0 Å². The molecule has 6 nitrogen and oxygen atoms in total. The smallest absolute Gasteiger partial charge is 0.410 e. The van der Waals surface area contributed by atoms with Crippen molar-refractivity contribution in [2.75, 3.05) is 26.2 Å². The standard InChI is InChI=1S/C14H22N4O2S/c1-14(2,3)20-13(19)18-7-6-16-12(8-18)15-5-4-11-9-21-10-17-11/h9-10H,4-8H2,1-3H3,(H,15,16). The van der Waals surface area contributed by atoms with Crippen LogP contribution in [0.25, 0.3) is 0 Å². The van der Waals surface area contributed by atoms with E-state index in [1.807, 2.05) is 31.7 Å². The number of rotatable bonds is 3. The molecule has 1 aromatic heterocycles. The van der Waals surface area contributed by atoms with Crippen molar-refractivity contribution >= 4 is 23.3 Å². The fraction of sp³-hybridized carbons (Fsp3) is 0.643. The van der Waals surface area contributed by atoms with E-state index < -0.39 is 5.60 Å². The number of amides is 1. The van der Waals surface area contributed by atoms with Gasteiger partial charge in [0.2, 0.25) is 0 Å². The van der Waals surface area contributed by atoms with Gasteiger partial charge >= 0.3 is 6.09 Å². The lowest BCUT2D eigenvalue weighted by molar-refractivity contribution is 0.0276. The van der Waals surface area contributed by atoms with Crippen LogP contribution in [0, 0.1) is 0 Å². The van der Waals surface area contributed by atoms with E-state index in [0.717, 1.165) is 24.5 Å². The molecule has 0 fully saturated rings. The van der Waals surface area contributed by atoms with Gasteiger partial charge in [-0.3, -0.25) is 9.89 Å². The van der Waals surface area contributed by atoms with E-state index in [2.05, 4.69) is 15.3 Å². The predicted molar refractivity (Wildman–Crippen MR) is 83.9 cm³/mol. The Morgan fingerprint density at radius 3 is 3.00 bits per heavy atom. The van der Waals surface area contributed by atoms with Gasteiger partial charge < -0.3 is 10.1 Å². The predicted octanol–water partition coefficient (Wildman–Crippen LogP) is 1.92. The molecule has 1 aliphatic rings. The summed E-state index contributed by atoms with van der Waals surface area (Å²) >= 11 is 1.60. The number of nitrogens with one attached hydrogen (secondary N) is 1. The number of nitrogens with zero attached hydrogens (tertiary/aromatic N) is 3. The van der Waals surface area contributed by atoms with Crippen LogP contribution < -0.4 is 5.32 Å². The second-order valence-electron chi connectivity index (χ2n) is 5.89. The minimum atomic E-state index is -0.468. The number of hydrogen-bond acceptors (Lipinski definition) is 6. The number of thiazole rings is 1. The summed E-state index contributed by atoms with van der Waals surface area (Å²) in [5.74, 6) is 0.835. The highest BCUT2D eigenvalue weighted by Crippen LogP contribution is 2.11. The summed E-state index contributed by atoms with van der Waals surface area (Å²) in [5.41, 5.74) is 2.44. The molecule has 0 saturated heterocycles. The van der Waals surface area contributed by atoms with Crippen molar-refractivity contribution in [3.63, 3.8) is 0 Å². The van der Waals surface area contributed by atoms with Crippen molar-refractivity contribution in [1.29, 1.82) is 0 Å². The number of aliphatic imine (C=N–C) groups is 1. The maximum Gasteiger partial charge on any atom is 0.410 e. The molecule has 0 bridgehead atoms. The largest absolute Gasteiger partial charge is 0.444 e. The zero-order chi connectivity index (χ0) is 15.3. The highest BCUT2D eigenvalue weighted by Gasteiger charge is 2.24. The van der Waals surface area contributed by atoms with Crippen LogP contribution in [-0.4, -0.2) is 53.6 Å². The number of hydrogen-bond donors (Lipinski definition) is 1. The molecule has 0 radical (unpaired) electrons.